The first kappa shape index (κ1) is 9.90. The summed E-state index contributed by atoms with van der Waals surface area (Å²) in [5.41, 5.74) is 0.994. The van der Waals surface area contributed by atoms with Crippen molar-refractivity contribution in [2.24, 2.45) is 5.92 Å². The van der Waals surface area contributed by atoms with Gasteiger partial charge in [-0.05, 0) is 12.1 Å². The first-order valence-electron chi connectivity index (χ1n) is 4.71. The lowest BCUT2D eigenvalue weighted by atomic mass is 10.0. The van der Waals surface area contributed by atoms with Gasteiger partial charge in [-0.3, -0.25) is 9.88 Å². The smallest absolute Gasteiger partial charge is 0.0558 e. The molecule has 2 rings (SSSR count). The van der Waals surface area contributed by atoms with Gasteiger partial charge in [0, 0.05) is 43.4 Å². The number of nitrogens with zero attached hydrogens (tertiary/aromatic N) is 2. The molecule has 0 aromatic carbocycles. The van der Waals surface area contributed by atoms with E-state index >= 15 is 0 Å². The van der Waals surface area contributed by atoms with Crippen molar-refractivity contribution in [1.82, 2.24) is 9.88 Å². The van der Waals surface area contributed by atoms with Crippen LogP contribution in [0.2, 0.25) is 5.02 Å². The number of aliphatic hydroxyl groups excluding tert-OH is 1. The Morgan fingerprint density at radius 3 is 3.00 bits per heavy atom. The molecule has 1 aliphatic heterocycles. The number of pyridine rings is 1. The van der Waals surface area contributed by atoms with E-state index in [-0.39, 0.29) is 0 Å². The van der Waals surface area contributed by atoms with Gasteiger partial charge in [0.05, 0.1) is 5.69 Å². The van der Waals surface area contributed by atoms with Gasteiger partial charge in [0.1, 0.15) is 0 Å². The Morgan fingerprint density at radius 1 is 1.57 bits per heavy atom. The van der Waals surface area contributed by atoms with Crippen molar-refractivity contribution in [3.8, 4) is 0 Å². The van der Waals surface area contributed by atoms with E-state index in [1.165, 1.54) is 0 Å². The third-order valence-electron chi connectivity index (χ3n) is 2.46. The summed E-state index contributed by atoms with van der Waals surface area (Å²) in [6.45, 7) is 3.05. The van der Waals surface area contributed by atoms with Crippen LogP contribution in [0.5, 0.6) is 0 Å². The van der Waals surface area contributed by atoms with Crippen molar-refractivity contribution >= 4 is 11.6 Å². The topological polar surface area (TPSA) is 36.4 Å². The summed E-state index contributed by atoms with van der Waals surface area (Å²) in [5.74, 6) is 0.453. The maximum absolute atomic E-state index is 8.85. The van der Waals surface area contributed by atoms with Crippen LogP contribution in [0.15, 0.2) is 18.3 Å². The molecule has 0 spiro atoms. The van der Waals surface area contributed by atoms with E-state index in [0.29, 0.717) is 12.5 Å². The number of hydrogen-bond acceptors (Lipinski definition) is 3. The summed E-state index contributed by atoms with van der Waals surface area (Å²) >= 11 is 5.85. The highest BCUT2D eigenvalue weighted by molar-refractivity contribution is 6.30. The average molecular weight is 213 g/mol. The molecule has 1 aromatic heterocycles. The monoisotopic (exact) mass is 212 g/mol. The predicted molar refractivity (Wildman–Crippen MR) is 55.1 cm³/mol. The Balaban J connectivity index is 1.87. The minimum absolute atomic E-state index is 0.291. The summed E-state index contributed by atoms with van der Waals surface area (Å²) in [5, 5.41) is 9.58. The quantitative estimate of drug-likeness (QED) is 0.817. The normalized spacial score (nSPS) is 18.1. The molecule has 1 saturated heterocycles. The van der Waals surface area contributed by atoms with Crippen LogP contribution in [0, 0.1) is 5.92 Å². The molecule has 4 heteroatoms. The van der Waals surface area contributed by atoms with E-state index in [2.05, 4.69) is 9.88 Å². The lowest BCUT2D eigenvalue weighted by Crippen LogP contribution is -2.47. The number of aliphatic hydroxyl groups is 1. The molecule has 0 bridgehead atoms. The van der Waals surface area contributed by atoms with Crippen LogP contribution < -0.4 is 0 Å². The van der Waals surface area contributed by atoms with Crippen LogP contribution in [-0.2, 0) is 6.54 Å². The maximum Gasteiger partial charge on any atom is 0.0558 e. The number of halogens is 1. The van der Waals surface area contributed by atoms with Crippen LogP contribution in [0.4, 0.5) is 0 Å². The molecule has 3 nitrogen and oxygen atoms in total. The Morgan fingerprint density at radius 2 is 2.36 bits per heavy atom. The largest absolute Gasteiger partial charge is 0.396 e. The molecule has 2 heterocycles. The molecule has 14 heavy (non-hydrogen) atoms. The van der Waals surface area contributed by atoms with Gasteiger partial charge in [-0.1, -0.05) is 11.6 Å². The zero-order valence-corrected chi connectivity index (χ0v) is 8.61. The summed E-state index contributed by atoms with van der Waals surface area (Å²) < 4.78 is 0. The average Bonchev–Trinajstić information content (AvgIpc) is 2.10. The van der Waals surface area contributed by atoms with Gasteiger partial charge in [0.2, 0.25) is 0 Å². The summed E-state index contributed by atoms with van der Waals surface area (Å²) in [6.07, 6.45) is 1.72. The second kappa shape index (κ2) is 4.26. The van der Waals surface area contributed by atoms with Crippen LogP contribution in [-0.4, -0.2) is 34.7 Å². The molecule has 1 N–H and O–H groups in total. The minimum Gasteiger partial charge on any atom is -0.396 e. The Kier molecular flexibility index (Phi) is 3.01. The van der Waals surface area contributed by atoms with E-state index in [1.54, 1.807) is 12.3 Å². The molecular formula is C10H13ClN2O. The standard InChI is InChI=1S/C10H13ClN2O/c11-9-1-2-12-10(3-9)6-13-4-8(5-13)7-14/h1-3,8,14H,4-7H2. The van der Waals surface area contributed by atoms with E-state index in [4.69, 9.17) is 16.7 Å². The van der Waals surface area contributed by atoms with E-state index < -0.39 is 0 Å². The van der Waals surface area contributed by atoms with E-state index in [1.807, 2.05) is 6.07 Å². The number of hydrogen-bond donors (Lipinski definition) is 1. The summed E-state index contributed by atoms with van der Waals surface area (Å²) in [7, 11) is 0. The highest BCUT2D eigenvalue weighted by atomic mass is 35.5. The van der Waals surface area contributed by atoms with Crippen LogP contribution in [0.25, 0.3) is 0 Å². The zero-order chi connectivity index (χ0) is 9.97. The number of rotatable bonds is 3. The van der Waals surface area contributed by atoms with Crippen molar-refractivity contribution in [3.05, 3.63) is 29.0 Å². The molecular weight excluding hydrogens is 200 g/mol. The van der Waals surface area contributed by atoms with E-state index in [9.17, 15) is 0 Å². The van der Waals surface area contributed by atoms with Crippen LogP contribution >= 0.6 is 11.6 Å². The number of likely N-dealkylation sites (tertiary alicyclic amines) is 1. The molecule has 1 fully saturated rings. The third kappa shape index (κ3) is 2.23. The zero-order valence-electron chi connectivity index (χ0n) is 7.86. The van der Waals surface area contributed by atoms with Gasteiger partial charge in [0.15, 0.2) is 0 Å². The van der Waals surface area contributed by atoms with Crippen molar-refractivity contribution < 1.29 is 5.11 Å². The molecule has 0 atom stereocenters. The molecule has 1 aromatic rings. The first-order valence-corrected chi connectivity index (χ1v) is 5.09. The van der Waals surface area contributed by atoms with Gasteiger partial charge >= 0.3 is 0 Å². The SMILES string of the molecule is OCC1CN(Cc2cc(Cl)ccn2)C1. The maximum atomic E-state index is 8.85. The summed E-state index contributed by atoms with van der Waals surface area (Å²) in [4.78, 5) is 6.47. The highest BCUT2D eigenvalue weighted by Crippen LogP contribution is 2.18. The molecule has 1 aliphatic rings. The minimum atomic E-state index is 0.291. The van der Waals surface area contributed by atoms with Gasteiger partial charge < -0.3 is 5.11 Å². The van der Waals surface area contributed by atoms with Crippen molar-refractivity contribution in [2.45, 2.75) is 6.54 Å². The van der Waals surface area contributed by atoms with Gasteiger partial charge in [-0.2, -0.15) is 0 Å². The molecule has 0 aliphatic carbocycles. The molecule has 76 valence electrons. The van der Waals surface area contributed by atoms with Crippen molar-refractivity contribution in [1.29, 1.82) is 0 Å². The van der Waals surface area contributed by atoms with Crippen molar-refractivity contribution in [3.63, 3.8) is 0 Å². The van der Waals surface area contributed by atoms with Crippen LogP contribution in [0.1, 0.15) is 5.69 Å². The Hall–Kier alpha value is -0.640. The Labute approximate surface area is 88.3 Å². The van der Waals surface area contributed by atoms with Crippen LogP contribution in [0.3, 0.4) is 0 Å². The fourth-order valence-corrected chi connectivity index (χ4v) is 1.87. The third-order valence-corrected chi connectivity index (χ3v) is 2.69. The first-order chi connectivity index (χ1) is 6.78. The van der Waals surface area contributed by atoms with E-state index in [0.717, 1.165) is 30.4 Å². The fourth-order valence-electron chi connectivity index (χ4n) is 1.69. The molecule has 0 amide bonds. The lowest BCUT2D eigenvalue weighted by Gasteiger charge is -2.37. The number of aromatic nitrogens is 1. The van der Waals surface area contributed by atoms with Gasteiger partial charge in [0.25, 0.3) is 0 Å². The van der Waals surface area contributed by atoms with Gasteiger partial charge in [-0.25, -0.2) is 0 Å². The fraction of sp³-hybridized carbons (Fsp3) is 0.500. The second-order valence-electron chi connectivity index (χ2n) is 3.71. The van der Waals surface area contributed by atoms with Gasteiger partial charge in [-0.15, -0.1) is 0 Å². The predicted octanol–water partition coefficient (Wildman–Crippen LogP) is 1.16. The molecule has 0 unspecified atom stereocenters. The van der Waals surface area contributed by atoms with Crippen molar-refractivity contribution in [2.75, 3.05) is 19.7 Å². The molecule has 0 saturated carbocycles. The lowest BCUT2D eigenvalue weighted by molar-refractivity contribution is 0.0470. The summed E-state index contributed by atoms with van der Waals surface area (Å²) in [6, 6.07) is 3.66. The second-order valence-corrected chi connectivity index (χ2v) is 4.14. The molecule has 0 radical (unpaired) electrons. The Bertz CT molecular complexity index is 313. The highest BCUT2D eigenvalue weighted by Gasteiger charge is 2.25.